The van der Waals surface area contributed by atoms with E-state index in [1.54, 1.807) is 0 Å². The maximum Gasteiger partial charge on any atom is 0.306 e. The molecule has 0 aliphatic heterocycles. The zero-order chi connectivity index (χ0) is 27.2. The van der Waals surface area contributed by atoms with Gasteiger partial charge in [-0.2, -0.15) is 0 Å². The molecular formula is C33H64O4. The number of carboxylic acid groups (broad SMARTS) is 1. The summed E-state index contributed by atoms with van der Waals surface area (Å²) in [5.41, 5.74) is 0. The Hall–Kier alpha value is -1.06. The largest absolute Gasteiger partial charge is 0.481 e. The highest BCUT2D eigenvalue weighted by Gasteiger charge is 2.14. The van der Waals surface area contributed by atoms with Gasteiger partial charge in [-0.05, 0) is 38.5 Å². The first kappa shape index (κ1) is 35.9. The number of carbonyl (C=O) groups excluding carboxylic acids is 1. The van der Waals surface area contributed by atoms with Gasteiger partial charge in [0.2, 0.25) is 0 Å². The third kappa shape index (κ3) is 29.4. The fraction of sp³-hybridized carbons (Fsp3) is 0.939. The first-order valence-electron chi connectivity index (χ1n) is 16.5. The van der Waals surface area contributed by atoms with Crippen LogP contribution in [-0.4, -0.2) is 23.1 Å². The van der Waals surface area contributed by atoms with Crippen molar-refractivity contribution in [3.05, 3.63) is 0 Å². The molecule has 0 fully saturated rings. The SMILES string of the molecule is CCCCCCCCCCCCCCC(=O)OC(CCCCCCCCCCCC)CCCCC(=O)O. The van der Waals surface area contributed by atoms with Crippen LogP contribution in [-0.2, 0) is 14.3 Å². The van der Waals surface area contributed by atoms with Crippen molar-refractivity contribution in [1.29, 1.82) is 0 Å². The topological polar surface area (TPSA) is 63.6 Å². The van der Waals surface area contributed by atoms with Gasteiger partial charge in [-0.25, -0.2) is 0 Å². The molecule has 0 aromatic heterocycles. The van der Waals surface area contributed by atoms with E-state index >= 15 is 0 Å². The van der Waals surface area contributed by atoms with Gasteiger partial charge in [0.1, 0.15) is 6.10 Å². The summed E-state index contributed by atoms with van der Waals surface area (Å²) >= 11 is 0. The van der Waals surface area contributed by atoms with Gasteiger partial charge in [-0.1, -0.05) is 142 Å². The van der Waals surface area contributed by atoms with E-state index in [0.717, 1.165) is 38.5 Å². The molecule has 0 aromatic carbocycles. The van der Waals surface area contributed by atoms with Crippen molar-refractivity contribution >= 4 is 11.9 Å². The number of rotatable bonds is 30. The third-order valence-corrected chi connectivity index (χ3v) is 7.58. The van der Waals surface area contributed by atoms with E-state index < -0.39 is 5.97 Å². The van der Waals surface area contributed by atoms with Crippen molar-refractivity contribution < 1.29 is 19.4 Å². The lowest BCUT2D eigenvalue weighted by molar-refractivity contribution is -0.150. The average Bonchev–Trinajstić information content (AvgIpc) is 2.88. The maximum absolute atomic E-state index is 12.4. The lowest BCUT2D eigenvalue weighted by Gasteiger charge is -2.18. The highest BCUT2D eigenvalue weighted by Crippen LogP contribution is 2.18. The van der Waals surface area contributed by atoms with Crippen LogP contribution in [0.5, 0.6) is 0 Å². The van der Waals surface area contributed by atoms with Crippen LogP contribution in [0.1, 0.15) is 194 Å². The Kier molecular flexibility index (Phi) is 28.7. The van der Waals surface area contributed by atoms with Crippen molar-refractivity contribution in [1.82, 2.24) is 0 Å². The number of carbonyl (C=O) groups is 2. The number of unbranched alkanes of at least 4 members (excludes halogenated alkanes) is 21. The van der Waals surface area contributed by atoms with Crippen molar-refractivity contribution in [3.8, 4) is 0 Å². The summed E-state index contributed by atoms with van der Waals surface area (Å²) in [6, 6.07) is 0. The third-order valence-electron chi connectivity index (χ3n) is 7.58. The summed E-state index contributed by atoms with van der Waals surface area (Å²) in [5, 5.41) is 8.88. The van der Waals surface area contributed by atoms with E-state index in [9.17, 15) is 9.59 Å². The number of aliphatic carboxylic acids is 1. The predicted molar refractivity (Wildman–Crippen MR) is 158 cm³/mol. The van der Waals surface area contributed by atoms with Crippen LogP contribution in [0.4, 0.5) is 0 Å². The minimum atomic E-state index is -0.741. The summed E-state index contributed by atoms with van der Waals surface area (Å²) in [7, 11) is 0. The number of esters is 1. The lowest BCUT2D eigenvalue weighted by atomic mass is 10.0. The molecule has 37 heavy (non-hydrogen) atoms. The molecule has 4 heteroatoms. The van der Waals surface area contributed by atoms with Crippen molar-refractivity contribution in [2.24, 2.45) is 0 Å². The van der Waals surface area contributed by atoms with E-state index in [-0.39, 0.29) is 18.5 Å². The number of hydrogen-bond donors (Lipinski definition) is 1. The Morgan fingerprint density at radius 2 is 0.811 bits per heavy atom. The molecule has 0 aliphatic carbocycles. The summed E-state index contributed by atoms with van der Waals surface area (Å²) in [6.07, 6.45) is 32.5. The highest BCUT2D eigenvalue weighted by atomic mass is 16.5. The molecule has 0 spiro atoms. The van der Waals surface area contributed by atoms with Crippen LogP contribution in [0.2, 0.25) is 0 Å². The molecule has 0 radical (unpaired) electrons. The molecule has 0 amide bonds. The molecule has 0 aliphatic rings. The van der Waals surface area contributed by atoms with Crippen molar-refractivity contribution in [2.45, 2.75) is 200 Å². The van der Waals surface area contributed by atoms with Gasteiger partial charge < -0.3 is 9.84 Å². The van der Waals surface area contributed by atoms with Crippen LogP contribution in [0.3, 0.4) is 0 Å². The molecule has 1 atom stereocenters. The zero-order valence-corrected chi connectivity index (χ0v) is 25.0. The second kappa shape index (κ2) is 29.5. The summed E-state index contributed by atoms with van der Waals surface area (Å²) in [5.74, 6) is -0.794. The van der Waals surface area contributed by atoms with E-state index in [1.165, 1.54) is 122 Å². The fourth-order valence-corrected chi connectivity index (χ4v) is 5.13. The highest BCUT2D eigenvalue weighted by molar-refractivity contribution is 5.69. The molecule has 0 saturated carbocycles. The molecule has 0 heterocycles. The number of ether oxygens (including phenoxy) is 1. The predicted octanol–water partition coefficient (Wildman–Crippen LogP) is 10.9. The molecule has 0 rings (SSSR count). The van der Waals surface area contributed by atoms with Gasteiger partial charge in [0, 0.05) is 12.8 Å². The van der Waals surface area contributed by atoms with Crippen LogP contribution >= 0.6 is 0 Å². The van der Waals surface area contributed by atoms with E-state index in [0.29, 0.717) is 12.8 Å². The van der Waals surface area contributed by atoms with Crippen molar-refractivity contribution in [3.63, 3.8) is 0 Å². The quantitative estimate of drug-likeness (QED) is 0.0749. The Labute approximate surface area is 231 Å². The molecule has 0 bridgehead atoms. The molecule has 0 saturated heterocycles. The maximum atomic E-state index is 12.4. The second-order valence-electron chi connectivity index (χ2n) is 11.4. The Bertz CT molecular complexity index is 491. The van der Waals surface area contributed by atoms with Gasteiger partial charge in [0.05, 0.1) is 0 Å². The number of hydrogen-bond acceptors (Lipinski definition) is 3. The lowest BCUT2D eigenvalue weighted by Crippen LogP contribution is -2.18. The molecule has 0 aromatic rings. The van der Waals surface area contributed by atoms with E-state index in [2.05, 4.69) is 13.8 Å². The molecule has 4 nitrogen and oxygen atoms in total. The number of carboxylic acids is 1. The molecule has 1 N–H and O–H groups in total. The normalized spacial score (nSPS) is 12.1. The summed E-state index contributed by atoms with van der Waals surface area (Å²) < 4.78 is 5.85. The Balaban J connectivity index is 3.90. The van der Waals surface area contributed by atoms with Crippen LogP contribution in [0.25, 0.3) is 0 Å². The first-order valence-corrected chi connectivity index (χ1v) is 16.5. The molecular weight excluding hydrogens is 460 g/mol. The minimum Gasteiger partial charge on any atom is -0.481 e. The fourth-order valence-electron chi connectivity index (χ4n) is 5.13. The molecule has 1 unspecified atom stereocenters. The van der Waals surface area contributed by atoms with Gasteiger partial charge in [0.25, 0.3) is 0 Å². The van der Waals surface area contributed by atoms with E-state index in [4.69, 9.17) is 9.84 Å². The van der Waals surface area contributed by atoms with Gasteiger partial charge >= 0.3 is 11.9 Å². The Morgan fingerprint density at radius 1 is 0.486 bits per heavy atom. The van der Waals surface area contributed by atoms with Crippen molar-refractivity contribution in [2.75, 3.05) is 0 Å². The molecule has 220 valence electrons. The van der Waals surface area contributed by atoms with Gasteiger partial charge in [0.15, 0.2) is 0 Å². The van der Waals surface area contributed by atoms with Crippen LogP contribution in [0, 0.1) is 0 Å². The van der Waals surface area contributed by atoms with Crippen LogP contribution < -0.4 is 0 Å². The first-order chi connectivity index (χ1) is 18.1. The van der Waals surface area contributed by atoms with Gasteiger partial charge in [-0.3, -0.25) is 9.59 Å². The standard InChI is InChI=1S/C33H64O4/c1-3-5-7-9-11-13-15-16-18-20-22-24-30-33(36)37-31(28-25-26-29-32(34)35)27-23-21-19-17-14-12-10-8-6-4-2/h31H,3-30H2,1-2H3,(H,34,35). The summed E-state index contributed by atoms with van der Waals surface area (Å²) in [6.45, 7) is 4.53. The average molecular weight is 525 g/mol. The Morgan fingerprint density at radius 3 is 1.22 bits per heavy atom. The second-order valence-corrected chi connectivity index (χ2v) is 11.4. The minimum absolute atomic E-state index is 0.0346. The summed E-state index contributed by atoms with van der Waals surface area (Å²) in [4.78, 5) is 23.2. The zero-order valence-electron chi connectivity index (χ0n) is 25.0. The monoisotopic (exact) mass is 524 g/mol. The van der Waals surface area contributed by atoms with Gasteiger partial charge in [-0.15, -0.1) is 0 Å². The van der Waals surface area contributed by atoms with E-state index in [1.807, 2.05) is 0 Å². The smallest absolute Gasteiger partial charge is 0.306 e. The van der Waals surface area contributed by atoms with Crippen LogP contribution in [0.15, 0.2) is 0 Å².